The van der Waals surface area contributed by atoms with Gasteiger partial charge in [0.05, 0.1) is 10.6 Å². The summed E-state index contributed by atoms with van der Waals surface area (Å²) in [7, 11) is 0. The molecule has 2 aromatic rings. The van der Waals surface area contributed by atoms with Gasteiger partial charge in [0.1, 0.15) is 0 Å². The fourth-order valence-electron chi connectivity index (χ4n) is 1.63. The van der Waals surface area contributed by atoms with Crippen molar-refractivity contribution in [3.8, 4) is 0 Å². The lowest BCUT2D eigenvalue weighted by Crippen LogP contribution is -2.33. The number of carbonyl (C=O) groups excluding carboxylic acids is 2. The van der Waals surface area contributed by atoms with E-state index in [1.807, 2.05) is 11.4 Å². The molecule has 0 spiro atoms. The second-order valence-electron chi connectivity index (χ2n) is 4.31. The molecular formula is C13H14N2O3S. The molecule has 0 aliphatic rings. The number of aromatic nitrogens is 1. The number of nitrogens with zero attached hydrogens (tertiary/aromatic N) is 1. The average molecular weight is 278 g/mol. The monoisotopic (exact) mass is 278 g/mol. The van der Waals surface area contributed by atoms with Gasteiger partial charge in [-0.15, -0.1) is 11.3 Å². The molecule has 0 aromatic carbocycles. The molecule has 100 valence electrons. The predicted molar refractivity (Wildman–Crippen MR) is 71.4 cm³/mol. The minimum atomic E-state index is -0.355. The van der Waals surface area contributed by atoms with E-state index in [0.717, 1.165) is 0 Å². The molecule has 0 aliphatic carbocycles. The van der Waals surface area contributed by atoms with Gasteiger partial charge in [-0.25, -0.2) is 0 Å². The topological polar surface area (TPSA) is 72.2 Å². The van der Waals surface area contributed by atoms with Crippen LogP contribution < -0.4 is 5.32 Å². The smallest absolute Gasteiger partial charge is 0.290 e. The number of hydrogen-bond donors (Lipinski definition) is 1. The van der Waals surface area contributed by atoms with Crippen LogP contribution in [0.3, 0.4) is 0 Å². The van der Waals surface area contributed by atoms with Crippen molar-refractivity contribution >= 4 is 23.0 Å². The fourth-order valence-corrected chi connectivity index (χ4v) is 2.31. The molecule has 0 saturated heterocycles. The summed E-state index contributed by atoms with van der Waals surface area (Å²) in [6.07, 6.45) is 0.263. The van der Waals surface area contributed by atoms with Crippen LogP contribution >= 0.6 is 11.3 Å². The lowest BCUT2D eigenvalue weighted by Gasteiger charge is -2.10. The lowest BCUT2D eigenvalue weighted by atomic mass is 10.1. The van der Waals surface area contributed by atoms with Crippen molar-refractivity contribution < 1.29 is 14.1 Å². The van der Waals surface area contributed by atoms with E-state index in [0.29, 0.717) is 10.6 Å². The van der Waals surface area contributed by atoms with Gasteiger partial charge in [0.15, 0.2) is 5.78 Å². The molecule has 1 N–H and O–H groups in total. The van der Waals surface area contributed by atoms with Gasteiger partial charge in [-0.3, -0.25) is 9.59 Å². The lowest BCUT2D eigenvalue weighted by molar-refractivity contribution is 0.0889. The van der Waals surface area contributed by atoms with E-state index in [9.17, 15) is 9.59 Å². The third kappa shape index (κ3) is 3.51. The maximum absolute atomic E-state index is 11.9. The largest absolute Gasteiger partial charge is 0.351 e. The van der Waals surface area contributed by atoms with Crippen molar-refractivity contribution in [2.45, 2.75) is 26.3 Å². The van der Waals surface area contributed by atoms with Crippen LogP contribution in [0.1, 0.15) is 39.3 Å². The molecule has 2 aromatic heterocycles. The van der Waals surface area contributed by atoms with Crippen molar-refractivity contribution in [2.24, 2.45) is 0 Å². The SMILES string of the molecule is Cc1cc(C(=O)N[C@H](C)CC(=O)c2cccs2)on1. The molecule has 5 nitrogen and oxygen atoms in total. The number of hydrogen-bond acceptors (Lipinski definition) is 5. The molecule has 0 bridgehead atoms. The Kier molecular flexibility index (Phi) is 4.11. The quantitative estimate of drug-likeness (QED) is 0.853. The van der Waals surface area contributed by atoms with Crippen LogP contribution in [0.15, 0.2) is 28.1 Å². The Bertz CT molecular complexity index is 574. The Morgan fingerprint density at radius 2 is 2.32 bits per heavy atom. The zero-order valence-corrected chi connectivity index (χ0v) is 11.5. The van der Waals surface area contributed by atoms with Gasteiger partial charge in [-0.1, -0.05) is 11.2 Å². The number of carbonyl (C=O) groups is 2. The van der Waals surface area contributed by atoms with Crippen molar-refractivity contribution in [3.05, 3.63) is 39.9 Å². The molecule has 19 heavy (non-hydrogen) atoms. The summed E-state index contributed by atoms with van der Waals surface area (Å²) in [6.45, 7) is 3.52. The summed E-state index contributed by atoms with van der Waals surface area (Å²) in [6, 6.07) is 4.91. The highest BCUT2D eigenvalue weighted by atomic mass is 32.1. The molecule has 2 heterocycles. The summed E-state index contributed by atoms with van der Waals surface area (Å²) >= 11 is 1.40. The van der Waals surface area contributed by atoms with Crippen LogP contribution in [0.4, 0.5) is 0 Å². The van der Waals surface area contributed by atoms with E-state index in [1.54, 1.807) is 26.0 Å². The highest BCUT2D eigenvalue weighted by Crippen LogP contribution is 2.12. The van der Waals surface area contributed by atoms with Gasteiger partial charge in [0, 0.05) is 18.5 Å². The number of ketones is 1. The van der Waals surface area contributed by atoms with Crippen molar-refractivity contribution in [1.29, 1.82) is 0 Å². The Labute approximate surface area is 114 Å². The zero-order valence-electron chi connectivity index (χ0n) is 10.7. The summed E-state index contributed by atoms with van der Waals surface area (Å²) < 4.78 is 4.86. The van der Waals surface area contributed by atoms with Gasteiger partial charge < -0.3 is 9.84 Å². The van der Waals surface area contributed by atoms with Crippen LogP contribution in [0.5, 0.6) is 0 Å². The molecule has 0 saturated carbocycles. The summed E-state index contributed by atoms with van der Waals surface area (Å²) in [5.74, 6) is -0.170. The molecule has 1 atom stereocenters. The minimum Gasteiger partial charge on any atom is -0.351 e. The normalized spacial score (nSPS) is 12.1. The van der Waals surface area contributed by atoms with E-state index in [2.05, 4.69) is 10.5 Å². The summed E-state index contributed by atoms with van der Waals surface area (Å²) in [5.41, 5.74) is 0.646. The first-order valence-electron chi connectivity index (χ1n) is 5.87. The maximum atomic E-state index is 11.9. The number of Topliss-reactive ketones (excluding diaryl/α,β-unsaturated/α-hetero) is 1. The standard InChI is InChI=1S/C13H14N2O3S/c1-8(6-10(16)12-4-3-5-19-12)14-13(17)11-7-9(2)15-18-11/h3-5,7-8H,6H2,1-2H3,(H,14,17)/t8-/m1/s1. The van der Waals surface area contributed by atoms with Crippen molar-refractivity contribution in [2.75, 3.05) is 0 Å². The zero-order chi connectivity index (χ0) is 13.8. The maximum Gasteiger partial charge on any atom is 0.290 e. The molecule has 6 heteroatoms. The highest BCUT2D eigenvalue weighted by molar-refractivity contribution is 7.12. The van der Waals surface area contributed by atoms with E-state index in [-0.39, 0.29) is 29.9 Å². The van der Waals surface area contributed by atoms with E-state index >= 15 is 0 Å². The second kappa shape index (κ2) is 5.79. The van der Waals surface area contributed by atoms with Gasteiger partial charge in [0.2, 0.25) is 5.76 Å². The average Bonchev–Trinajstić information content (AvgIpc) is 2.98. The summed E-state index contributed by atoms with van der Waals surface area (Å²) in [5, 5.41) is 8.21. The molecular weight excluding hydrogens is 264 g/mol. The number of thiophene rings is 1. The Morgan fingerprint density at radius 3 is 2.89 bits per heavy atom. The predicted octanol–water partition coefficient (Wildman–Crippen LogP) is 2.44. The van der Waals surface area contributed by atoms with Gasteiger partial charge in [-0.2, -0.15) is 0 Å². The van der Waals surface area contributed by atoms with Gasteiger partial charge in [0.25, 0.3) is 5.91 Å². The molecule has 0 radical (unpaired) electrons. The van der Waals surface area contributed by atoms with Crippen LogP contribution in [0.2, 0.25) is 0 Å². The van der Waals surface area contributed by atoms with Crippen LogP contribution in [-0.4, -0.2) is 22.9 Å². The molecule has 0 unspecified atom stereocenters. The minimum absolute atomic E-state index is 0.0246. The first-order valence-corrected chi connectivity index (χ1v) is 6.75. The van der Waals surface area contributed by atoms with Crippen LogP contribution in [0, 0.1) is 6.92 Å². The second-order valence-corrected chi connectivity index (χ2v) is 5.26. The Balaban J connectivity index is 1.89. The molecule has 2 rings (SSSR count). The molecule has 1 amide bonds. The first kappa shape index (κ1) is 13.5. The molecule has 0 aliphatic heterocycles. The van der Waals surface area contributed by atoms with E-state index in [4.69, 9.17) is 4.52 Å². The van der Waals surface area contributed by atoms with Crippen LogP contribution in [0.25, 0.3) is 0 Å². The van der Waals surface area contributed by atoms with Gasteiger partial charge >= 0.3 is 0 Å². The van der Waals surface area contributed by atoms with E-state index in [1.165, 1.54) is 11.3 Å². The van der Waals surface area contributed by atoms with Crippen molar-refractivity contribution in [3.63, 3.8) is 0 Å². The third-order valence-corrected chi connectivity index (χ3v) is 3.43. The Hall–Kier alpha value is -1.95. The van der Waals surface area contributed by atoms with Gasteiger partial charge in [-0.05, 0) is 25.3 Å². The van der Waals surface area contributed by atoms with Crippen LogP contribution in [-0.2, 0) is 0 Å². The molecule has 0 fully saturated rings. The summed E-state index contributed by atoms with van der Waals surface area (Å²) in [4.78, 5) is 24.3. The first-order chi connectivity index (χ1) is 9.06. The third-order valence-electron chi connectivity index (χ3n) is 2.52. The number of amides is 1. The number of rotatable bonds is 5. The van der Waals surface area contributed by atoms with E-state index < -0.39 is 0 Å². The fraction of sp³-hybridized carbons (Fsp3) is 0.308. The highest BCUT2D eigenvalue weighted by Gasteiger charge is 2.17. The van der Waals surface area contributed by atoms with Crippen molar-refractivity contribution in [1.82, 2.24) is 10.5 Å². The number of nitrogens with one attached hydrogen (secondary N) is 1. The Morgan fingerprint density at radius 1 is 1.53 bits per heavy atom. The number of aryl methyl sites for hydroxylation is 1.